The van der Waals surface area contributed by atoms with Crippen LogP contribution in [-0.2, 0) is 14.6 Å². The second-order valence-corrected chi connectivity index (χ2v) is 6.50. The number of nitrogens with two attached hydrogens (primary N) is 1. The highest BCUT2D eigenvalue weighted by Gasteiger charge is 2.23. The first-order valence-electron chi connectivity index (χ1n) is 6.25. The fraction of sp³-hybridized carbons (Fsp3) is 0.462. The summed E-state index contributed by atoms with van der Waals surface area (Å²) in [6, 6.07) is 4.16. The Labute approximate surface area is 119 Å². The first-order valence-corrected chi connectivity index (χ1v) is 7.91. The molecule has 1 rings (SSSR count). The number of methoxy groups -OCH3 is 1. The molecule has 3 N–H and O–H groups in total. The van der Waals surface area contributed by atoms with Gasteiger partial charge >= 0.3 is 0 Å². The van der Waals surface area contributed by atoms with Gasteiger partial charge in [0.25, 0.3) is 0 Å². The minimum atomic E-state index is -3.77. The van der Waals surface area contributed by atoms with E-state index in [2.05, 4.69) is 5.32 Å². The molecule has 0 radical (unpaired) electrons. The molecule has 7 heteroatoms. The predicted molar refractivity (Wildman–Crippen MR) is 77.4 cm³/mol. The predicted octanol–water partition coefficient (Wildman–Crippen LogP) is 0.966. The van der Waals surface area contributed by atoms with E-state index in [1.807, 2.05) is 13.8 Å². The number of nitrogens with one attached hydrogen (secondary N) is 1. The summed E-state index contributed by atoms with van der Waals surface area (Å²) in [4.78, 5) is 11.7. The molecule has 0 fully saturated rings. The second kappa shape index (κ2) is 6.60. The van der Waals surface area contributed by atoms with Gasteiger partial charge in [0.1, 0.15) is 16.4 Å². The zero-order valence-electron chi connectivity index (χ0n) is 11.8. The number of nitrogen functional groups attached to an aromatic ring is 1. The molecule has 0 aliphatic rings. The van der Waals surface area contributed by atoms with Crippen molar-refractivity contribution in [2.75, 3.05) is 18.6 Å². The van der Waals surface area contributed by atoms with Gasteiger partial charge < -0.3 is 15.8 Å². The van der Waals surface area contributed by atoms with Gasteiger partial charge in [0.15, 0.2) is 9.84 Å². The first kappa shape index (κ1) is 16.3. The molecule has 1 aromatic carbocycles. The maximum Gasteiger partial charge on any atom is 0.235 e. The summed E-state index contributed by atoms with van der Waals surface area (Å²) in [6.45, 7) is 3.72. The summed E-state index contributed by atoms with van der Waals surface area (Å²) >= 11 is 0. The van der Waals surface area contributed by atoms with Crippen molar-refractivity contribution in [1.29, 1.82) is 0 Å². The van der Waals surface area contributed by atoms with Crippen molar-refractivity contribution in [3.8, 4) is 5.75 Å². The van der Waals surface area contributed by atoms with Crippen molar-refractivity contribution in [3.63, 3.8) is 0 Å². The molecule has 0 heterocycles. The van der Waals surface area contributed by atoms with Crippen LogP contribution < -0.4 is 15.8 Å². The van der Waals surface area contributed by atoms with Crippen LogP contribution in [-0.4, -0.2) is 33.2 Å². The van der Waals surface area contributed by atoms with E-state index in [4.69, 9.17) is 10.5 Å². The molecule has 0 bridgehead atoms. The van der Waals surface area contributed by atoms with Gasteiger partial charge in [-0.3, -0.25) is 4.79 Å². The lowest BCUT2D eigenvalue weighted by atomic mass is 10.3. The quantitative estimate of drug-likeness (QED) is 0.763. The minimum absolute atomic E-state index is 0.0338. The van der Waals surface area contributed by atoms with E-state index in [1.54, 1.807) is 0 Å². The Balaban J connectivity index is 2.97. The van der Waals surface area contributed by atoms with Crippen molar-refractivity contribution in [1.82, 2.24) is 5.32 Å². The van der Waals surface area contributed by atoms with Crippen molar-refractivity contribution < 1.29 is 17.9 Å². The Bertz CT molecular complexity index is 584. The molecule has 112 valence electrons. The Hall–Kier alpha value is -1.76. The number of amides is 1. The van der Waals surface area contributed by atoms with E-state index in [-0.39, 0.29) is 16.7 Å². The van der Waals surface area contributed by atoms with Gasteiger partial charge in [-0.05, 0) is 25.5 Å². The molecule has 6 nitrogen and oxygen atoms in total. The Morgan fingerprint density at radius 3 is 2.65 bits per heavy atom. The van der Waals surface area contributed by atoms with Crippen LogP contribution in [0.5, 0.6) is 5.75 Å². The molecule has 1 amide bonds. The molecular weight excluding hydrogens is 280 g/mol. The fourth-order valence-corrected chi connectivity index (χ4v) is 2.92. The van der Waals surface area contributed by atoms with Gasteiger partial charge in [0.05, 0.1) is 7.11 Å². The maximum atomic E-state index is 12.2. The number of anilines is 1. The molecule has 0 aromatic heterocycles. The molecule has 0 aliphatic carbocycles. The Kier molecular flexibility index (Phi) is 5.38. The monoisotopic (exact) mass is 300 g/mol. The summed E-state index contributed by atoms with van der Waals surface area (Å²) in [5, 5.41) is 2.62. The molecule has 1 atom stereocenters. The Morgan fingerprint density at radius 2 is 2.10 bits per heavy atom. The van der Waals surface area contributed by atoms with Crippen molar-refractivity contribution >= 4 is 21.4 Å². The fourth-order valence-electron chi connectivity index (χ4n) is 1.61. The number of carbonyl (C=O) groups excluding carboxylic acids is 1. The number of carbonyl (C=O) groups is 1. The maximum absolute atomic E-state index is 12.2. The zero-order valence-corrected chi connectivity index (χ0v) is 12.7. The van der Waals surface area contributed by atoms with Gasteiger partial charge in [-0.25, -0.2) is 8.42 Å². The topological polar surface area (TPSA) is 98.5 Å². The van der Waals surface area contributed by atoms with Gasteiger partial charge in [-0.1, -0.05) is 6.92 Å². The van der Waals surface area contributed by atoms with Crippen LogP contribution in [0.1, 0.15) is 20.3 Å². The SMILES string of the molecule is CCC(C)NC(=O)CS(=O)(=O)c1ccc(N)cc1OC. The van der Waals surface area contributed by atoms with Gasteiger partial charge in [-0.15, -0.1) is 0 Å². The van der Waals surface area contributed by atoms with Crippen LogP contribution in [0.15, 0.2) is 23.1 Å². The average Bonchev–Trinajstić information content (AvgIpc) is 2.37. The molecule has 1 unspecified atom stereocenters. The van der Waals surface area contributed by atoms with Crippen LogP contribution in [0.3, 0.4) is 0 Å². The number of sulfone groups is 1. The third-order valence-corrected chi connectivity index (χ3v) is 4.51. The van der Waals surface area contributed by atoms with E-state index >= 15 is 0 Å². The number of hydrogen-bond donors (Lipinski definition) is 2. The van der Waals surface area contributed by atoms with Crippen LogP contribution in [0.25, 0.3) is 0 Å². The standard InChI is InChI=1S/C13H20N2O4S/c1-4-9(2)15-13(16)8-20(17,18)12-6-5-10(14)7-11(12)19-3/h5-7,9H,4,8,14H2,1-3H3,(H,15,16). The molecule has 0 saturated heterocycles. The van der Waals surface area contributed by atoms with Crippen molar-refractivity contribution in [2.45, 2.75) is 31.2 Å². The number of benzene rings is 1. The van der Waals surface area contributed by atoms with E-state index in [1.165, 1.54) is 25.3 Å². The number of hydrogen-bond acceptors (Lipinski definition) is 5. The average molecular weight is 300 g/mol. The van der Waals surface area contributed by atoms with Crippen LogP contribution in [0.2, 0.25) is 0 Å². The third kappa shape index (κ3) is 4.12. The molecule has 0 spiro atoms. The van der Waals surface area contributed by atoms with Crippen molar-refractivity contribution in [3.05, 3.63) is 18.2 Å². The lowest BCUT2D eigenvalue weighted by Crippen LogP contribution is -2.36. The Morgan fingerprint density at radius 1 is 1.45 bits per heavy atom. The number of rotatable bonds is 6. The molecule has 1 aromatic rings. The van der Waals surface area contributed by atoms with Crippen LogP contribution in [0, 0.1) is 0 Å². The molecule has 0 saturated carbocycles. The smallest absolute Gasteiger partial charge is 0.235 e. The normalized spacial score (nSPS) is 12.8. The van der Waals surface area contributed by atoms with Crippen LogP contribution in [0.4, 0.5) is 5.69 Å². The van der Waals surface area contributed by atoms with E-state index in [0.29, 0.717) is 5.69 Å². The molecular formula is C13H20N2O4S. The minimum Gasteiger partial charge on any atom is -0.495 e. The summed E-state index contributed by atoms with van der Waals surface area (Å²) < 4.78 is 29.4. The lowest BCUT2D eigenvalue weighted by Gasteiger charge is -2.13. The van der Waals surface area contributed by atoms with Gasteiger partial charge in [0, 0.05) is 17.8 Å². The lowest BCUT2D eigenvalue weighted by molar-refractivity contribution is -0.119. The molecule has 0 aliphatic heterocycles. The van der Waals surface area contributed by atoms with E-state index in [9.17, 15) is 13.2 Å². The number of ether oxygens (including phenoxy) is 1. The van der Waals surface area contributed by atoms with E-state index < -0.39 is 21.5 Å². The van der Waals surface area contributed by atoms with Gasteiger partial charge in [0.2, 0.25) is 5.91 Å². The summed E-state index contributed by atoms with van der Waals surface area (Å²) in [6.07, 6.45) is 0.733. The summed E-state index contributed by atoms with van der Waals surface area (Å²) in [5.74, 6) is -1.00. The summed E-state index contributed by atoms with van der Waals surface area (Å²) in [7, 11) is -2.41. The van der Waals surface area contributed by atoms with Crippen LogP contribution >= 0.6 is 0 Å². The highest BCUT2D eigenvalue weighted by Crippen LogP contribution is 2.26. The summed E-state index contributed by atoms with van der Waals surface area (Å²) in [5.41, 5.74) is 5.97. The second-order valence-electron chi connectivity index (χ2n) is 4.55. The largest absolute Gasteiger partial charge is 0.495 e. The van der Waals surface area contributed by atoms with E-state index in [0.717, 1.165) is 6.42 Å². The van der Waals surface area contributed by atoms with Crippen molar-refractivity contribution in [2.24, 2.45) is 0 Å². The molecule has 20 heavy (non-hydrogen) atoms. The first-order chi connectivity index (χ1) is 9.30. The van der Waals surface area contributed by atoms with Gasteiger partial charge in [-0.2, -0.15) is 0 Å². The third-order valence-electron chi connectivity index (χ3n) is 2.86. The highest BCUT2D eigenvalue weighted by molar-refractivity contribution is 7.92. The zero-order chi connectivity index (χ0) is 15.3. The highest BCUT2D eigenvalue weighted by atomic mass is 32.2.